The van der Waals surface area contributed by atoms with Gasteiger partial charge in [-0.05, 0) is 18.2 Å². The molecule has 0 spiro atoms. The molecule has 5 heterocycles. The van der Waals surface area contributed by atoms with Gasteiger partial charge in [-0.25, -0.2) is 9.50 Å². The summed E-state index contributed by atoms with van der Waals surface area (Å²) in [6.45, 7) is 7.94. The molecule has 4 aromatic rings. The van der Waals surface area contributed by atoms with Crippen LogP contribution in [0.5, 0.6) is 0 Å². The number of pyridine rings is 2. The second kappa shape index (κ2) is 9.66. The zero-order chi connectivity index (χ0) is 27.0. The Kier molecular flexibility index (Phi) is 6.36. The van der Waals surface area contributed by atoms with E-state index in [0.29, 0.717) is 53.9 Å². The minimum Gasteiger partial charge on any atom is -0.353 e. The number of nitriles is 1. The third kappa shape index (κ3) is 4.58. The molecule has 5 rings (SSSR count). The van der Waals surface area contributed by atoms with Crippen LogP contribution in [0.1, 0.15) is 12.5 Å². The lowest BCUT2D eigenvalue weighted by atomic mass is 10.0. The van der Waals surface area contributed by atoms with Gasteiger partial charge in [0.25, 0.3) is 0 Å². The lowest BCUT2D eigenvalue weighted by Crippen LogP contribution is -2.50. The molecule has 1 saturated heterocycles. The summed E-state index contributed by atoms with van der Waals surface area (Å²) in [7, 11) is 0. The number of carbonyl (C=O) groups is 1. The van der Waals surface area contributed by atoms with E-state index < -0.39 is 6.30 Å². The van der Waals surface area contributed by atoms with Crippen molar-refractivity contribution in [2.24, 2.45) is 5.92 Å². The summed E-state index contributed by atoms with van der Waals surface area (Å²) in [5, 5.41) is 17.3. The fourth-order valence-corrected chi connectivity index (χ4v) is 4.47. The molecule has 1 atom stereocenters. The standard InChI is InChI=1S/C26H23F3N8O/c1-3-17(2)25(38)35-8-6-34(7-9-35)23-5-4-18(12-31-23)22-10-19(15-36-24(22)20(11-30)13-32-36)21-14-33-37(16-21)26(27,28)29/h3-5,10,12-17H,1,6-9H2,2H3. The molecular weight excluding hydrogens is 497 g/mol. The zero-order valence-corrected chi connectivity index (χ0v) is 20.4. The van der Waals surface area contributed by atoms with Crippen molar-refractivity contribution in [3.8, 4) is 28.3 Å². The fourth-order valence-electron chi connectivity index (χ4n) is 4.47. The van der Waals surface area contributed by atoms with Gasteiger partial charge in [0.1, 0.15) is 11.9 Å². The molecule has 1 aliphatic heterocycles. The van der Waals surface area contributed by atoms with Gasteiger partial charge >= 0.3 is 6.30 Å². The maximum absolute atomic E-state index is 13.1. The SMILES string of the molecule is C=CC(C)C(=O)N1CCN(c2ccc(-c3cc(-c4cnn(C(F)(F)F)c4)cn4ncc(C#N)c34)cn2)CC1. The Morgan fingerprint density at radius 3 is 2.45 bits per heavy atom. The number of fused-ring (bicyclic) bond motifs is 1. The molecule has 9 nitrogen and oxygen atoms in total. The molecule has 0 bridgehead atoms. The number of amides is 1. The highest BCUT2D eigenvalue weighted by Crippen LogP contribution is 2.33. The highest BCUT2D eigenvalue weighted by atomic mass is 19.4. The van der Waals surface area contributed by atoms with E-state index in [0.717, 1.165) is 18.2 Å². The van der Waals surface area contributed by atoms with Crippen LogP contribution in [0.4, 0.5) is 19.0 Å². The summed E-state index contributed by atoms with van der Waals surface area (Å²) in [4.78, 5) is 20.9. The van der Waals surface area contributed by atoms with Crippen LogP contribution in [0.25, 0.3) is 27.8 Å². The Balaban J connectivity index is 1.44. The molecule has 1 unspecified atom stereocenters. The second-order valence-corrected chi connectivity index (χ2v) is 8.99. The predicted molar refractivity (Wildman–Crippen MR) is 134 cm³/mol. The molecular formula is C26H23F3N8O. The maximum atomic E-state index is 13.1. The molecule has 0 aromatic carbocycles. The van der Waals surface area contributed by atoms with E-state index in [9.17, 15) is 23.2 Å². The number of hydrogen-bond acceptors (Lipinski definition) is 6. The largest absolute Gasteiger partial charge is 0.504 e. The van der Waals surface area contributed by atoms with E-state index in [1.54, 1.807) is 24.5 Å². The van der Waals surface area contributed by atoms with Crippen molar-refractivity contribution in [1.82, 2.24) is 29.3 Å². The van der Waals surface area contributed by atoms with Crippen molar-refractivity contribution in [3.63, 3.8) is 0 Å². The topological polar surface area (TPSA) is 95.4 Å². The first-order valence-corrected chi connectivity index (χ1v) is 11.9. The number of alkyl halides is 3. The summed E-state index contributed by atoms with van der Waals surface area (Å²) in [5.74, 6) is 0.572. The van der Waals surface area contributed by atoms with E-state index in [-0.39, 0.29) is 22.1 Å². The van der Waals surface area contributed by atoms with Gasteiger partial charge < -0.3 is 9.80 Å². The normalized spacial score (nSPS) is 14.9. The first-order chi connectivity index (χ1) is 18.2. The van der Waals surface area contributed by atoms with Crippen LogP contribution in [0.15, 0.2) is 61.8 Å². The van der Waals surface area contributed by atoms with E-state index in [1.807, 2.05) is 24.0 Å². The van der Waals surface area contributed by atoms with Gasteiger partial charge in [0.05, 0.1) is 29.4 Å². The van der Waals surface area contributed by atoms with E-state index in [1.165, 1.54) is 10.7 Å². The van der Waals surface area contributed by atoms with Crippen LogP contribution in [0.2, 0.25) is 0 Å². The minimum atomic E-state index is -4.63. The Hall–Kier alpha value is -4.66. The average molecular weight is 521 g/mol. The van der Waals surface area contributed by atoms with Crippen molar-refractivity contribution < 1.29 is 18.0 Å². The number of hydrogen-bond donors (Lipinski definition) is 0. The number of halogens is 3. The second-order valence-electron chi connectivity index (χ2n) is 8.99. The van der Waals surface area contributed by atoms with Gasteiger partial charge in [0, 0.05) is 67.0 Å². The Labute approximate surface area is 216 Å². The van der Waals surface area contributed by atoms with Gasteiger partial charge in [-0.3, -0.25) is 4.79 Å². The number of nitrogens with zero attached hydrogens (tertiary/aromatic N) is 8. The van der Waals surface area contributed by atoms with Crippen LogP contribution < -0.4 is 4.90 Å². The summed E-state index contributed by atoms with van der Waals surface area (Å²) >= 11 is 0. The summed E-state index contributed by atoms with van der Waals surface area (Å²) in [6, 6.07) is 7.53. The van der Waals surface area contributed by atoms with Gasteiger partial charge in [0.2, 0.25) is 5.91 Å². The summed E-state index contributed by atoms with van der Waals surface area (Å²) in [5.41, 5.74) is 2.84. The van der Waals surface area contributed by atoms with Crippen LogP contribution in [0, 0.1) is 17.2 Å². The van der Waals surface area contributed by atoms with Crippen molar-refractivity contribution in [2.45, 2.75) is 13.2 Å². The maximum Gasteiger partial charge on any atom is 0.504 e. The Morgan fingerprint density at radius 1 is 1.08 bits per heavy atom. The average Bonchev–Trinajstić information content (AvgIpc) is 3.60. The molecule has 0 radical (unpaired) electrons. The number of anilines is 1. The van der Waals surface area contributed by atoms with E-state index >= 15 is 0 Å². The molecule has 38 heavy (non-hydrogen) atoms. The lowest BCUT2D eigenvalue weighted by molar-refractivity contribution is -0.212. The first-order valence-electron chi connectivity index (χ1n) is 11.9. The van der Waals surface area contributed by atoms with E-state index in [4.69, 9.17) is 0 Å². The predicted octanol–water partition coefficient (Wildman–Crippen LogP) is 4.08. The van der Waals surface area contributed by atoms with Crippen molar-refractivity contribution >= 4 is 17.2 Å². The molecule has 1 amide bonds. The molecule has 1 fully saturated rings. The number of carbonyl (C=O) groups excluding carboxylic acids is 1. The van der Waals surface area contributed by atoms with Crippen LogP contribution in [-0.2, 0) is 11.1 Å². The molecule has 0 N–H and O–H groups in total. The molecule has 0 saturated carbocycles. The fraction of sp³-hybridized carbons (Fsp3) is 0.269. The van der Waals surface area contributed by atoms with Crippen LogP contribution in [0.3, 0.4) is 0 Å². The minimum absolute atomic E-state index is 0.0572. The summed E-state index contributed by atoms with van der Waals surface area (Å²) in [6.07, 6.45) is 3.69. The highest BCUT2D eigenvalue weighted by Gasteiger charge is 2.32. The van der Waals surface area contributed by atoms with Gasteiger partial charge in [0.15, 0.2) is 0 Å². The third-order valence-corrected chi connectivity index (χ3v) is 6.63. The molecule has 12 heteroatoms. The van der Waals surface area contributed by atoms with Crippen LogP contribution in [-0.4, -0.2) is 61.4 Å². The quantitative estimate of drug-likeness (QED) is 0.368. The number of piperazine rings is 1. The van der Waals surface area contributed by atoms with Crippen LogP contribution >= 0.6 is 0 Å². The highest BCUT2D eigenvalue weighted by molar-refractivity contribution is 5.87. The van der Waals surface area contributed by atoms with Gasteiger partial charge in [-0.15, -0.1) is 19.8 Å². The van der Waals surface area contributed by atoms with Gasteiger partial charge in [-0.1, -0.05) is 13.0 Å². The first kappa shape index (κ1) is 25.0. The molecule has 0 aliphatic carbocycles. The Morgan fingerprint density at radius 2 is 1.84 bits per heavy atom. The monoisotopic (exact) mass is 520 g/mol. The lowest BCUT2D eigenvalue weighted by Gasteiger charge is -2.36. The van der Waals surface area contributed by atoms with Crippen molar-refractivity contribution in [3.05, 3.63) is 67.4 Å². The molecule has 1 aliphatic rings. The molecule has 4 aromatic heterocycles. The number of rotatable bonds is 5. The Bertz CT molecular complexity index is 1540. The van der Waals surface area contributed by atoms with Gasteiger partial charge in [-0.2, -0.15) is 20.1 Å². The summed E-state index contributed by atoms with van der Waals surface area (Å²) < 4.78 is 40.7. The molecule has 194 valence electrons. The smallest absolute Gasteiger partial charge is 0.353 e. The third-order valence-electron chi connectivity index (χ3n) is 6.63. The number of aromatic nitrogens is 5. The zero-order valence-electron chi connectivity index (χ0n) is 20.4. The van der Waals surface area contributed by atoms with E-state index in [2.05, 4.69) is 32.7 Å². The van der Waals surface area contributed by atoms with Crippen molar-refractivity contribution in [1.29, 1.82) is 5.26 Å². The van der Waals surface area contributed by atoms with Crippen molar-refractivity contribution in [2.75, 3.05) is 31.1 Å².